The van der Waals surface area contributed by atoms with E-state index in [4.69, 9.17) is 9.84 Å². The summed E-state index contributed by atoms with van der Waals surface area (Å²) in [6, 6.07) is 18.5. The Bertz CT molecular complexity index is 1170. The van der Waals surface area contributed by atoms with Crippen LogP contribution in [0.15, 0.2) is 70.8 Å². The highest BCUT2D eigenvalue weighted by molar-refractivity contribution is 7.17. The number of carboxylic acid groups (broad SMARTS) is 1. The molecular weight excluding hydrogens is 364 g/mol. The van der Waals surface area contributed by atoms with Gasteiger partial charge in [0.15, 0.2) is 6.61 Å². The zero-order chi connectivity index (χ0) is 18.8. The van der Waals surface area contributed by atoms with Crippen molar-refractivity contribution in [1.29, 1.82) is 0 Å². The SMILES string of the molecule is O=C(O)COc1nc2scc(-c3ccccc3)c2c(=O)n1-c1ccccc1. The summed E-state index contributed by atoms with van der Waals surface area (Å²) < 4.78 is 6.63. The first-order chi connectivity index (χ1) is 13.1. The van der Waals surface area contributed by atoms with Gasteiger partial charge in [0.25, 0.3) is 5.56 Å². The zero-order valence-electron chi connectivity index (χ0n) is 14.0. The van der Waals surface area contributed by atoms with Crippen LogP contribution in [0.3, 0.4) is 0 Å². The first-order valence-electron chi connectivity index (χ1n) is 8.15. The Hall–Kier alpha value is -3.45. The van der Waals surface area contributed by atoms with Crippen LogP contribution in [0.4, 0.5) is 0 Å². The Morgan fingerprint density at radius 3 is 2.41 bits per heavy atom. The van der Waals surface area contributed by atoms with E-state index in [1.165, 1.54) is 15.9 Å². The third kappa shape index (κ3) is 3.20. The number of fused-ring (bicyclic) bond motifs is 1. The minimum atomic E-state index is -1.14. The fraction of sp³-hybridized carbons (Fsp3) is 0.0500. The molecule has 4 aromatic rings. The molecule has 27 heavy (non-hydrogen) atoms. The van der Waals surface area contributed by atoms with Crippen LogP contribution in [0.25, 0.3) is 27.0 Å². The number of aliphatic carboxylic acids is 1. The van der Waals surface area contributed by atoms with E-state index in [0.717, 1.165) is 11.1 Å². The fourth-order valence-corrected chi connectivity index (χ4v) is 3.76. The predicted octanol–water partition coefficient (Wildman–Crippen LogP) is 3.58. The van der Waals surface area contributed by atoms with E-state index in [1.54, 1.807) is 24.3 Å². The van der Waals surface area contributed by atoms with Crippen molar-refractivity contribution in [3.05, 3.63) is 76.4 Å². The van der Waals surface area contributed by atoms with Crippen molar-refractivity contribution in [1.82, 2.24) is 9.55 Å². The van der Waals surface area contributed by atoms with Crippen LogP contribution in [0, 0.1) is 0 Å². The molecule has 0 aliphatic rings. The van der Waals surface area contributed by atoms with Crippen LogP contribution in [0.2, 0.25) is 0 Å². The number of hydrogen-bond acceptors (Lipinski definition) is 5. The van der Waals surface area contributed by atoms with Crippen LogP contribution >= 0.6 is 11.3 Å². The normalized spacial score (nSPS) is 10.8. The Labute approximate surface area is 157 Å². The second-order valence-corrected chi connectivity index (χ2v) is 6.61. The van der Waals surface area contributed by atoms with E-state index >= 15 is 0 Å². The number of benzene rings is 2. The van der Waals surface area contributed by atoms with Crippen molar-refractivity contribution in [3.8, 4) is 22.8 Å². The highest BCUT2D eigenvalue weighted by Gasteiger charge is 2.19. The van der Waals surface area contributed by atoms with E-state index in [9.17, 15) is 9.59 Å². The molecule has 134 valence electrons. The largest absolute Gasteiger partial charge is 0.479 e. The second kappa shape index (κ2) is 7.05. The van der Waals surface area contributed by atoms with Crippen LogP contribution in [0.1, 0.15) is 0 Å². The van der Waals surface area contributed by atoms with E-state index in [0.29, 0.717) is 15.9 Å². The third-order valence-corrected chi connectivity index (χ3v) is 4.87. The minimum Gasteiger partial charge on any atom is -0.479 e. The number of aromatic nitrogens is 2. The number of rotatable bonds is 5. The number of para-hydroxylation sites is 1. The monoisotopic (exact) mass is 378 g/mol. The van der Waals surface area contributed by atoms with Crippen molar-refractivity contribution in [2.75, 3.05) is 6.61 Å². The number of nitrogens with zero attached hydrogens (tertiary/aromatic N) is 2. The molecule has 2 aromatic heterocycles. The van der Waals surface area contributed by atoms with E-state index < -0.39 is 12.6 Å². The fourth-order valence-electron chi connectivity index (χ4n) is 2.83. The first kappa shape index (κ1) is 17.0. The van der Waals surface area contributed by atoms with Gasteiger partial charge in [0.05, 0.1) is 11.1 Å². The number of carboxylic acids is 1. The molecular formula is C20H14N2O4S. The van der Waals surface area contributed by atoms with Gasteiger partial charge in [0.1, 0.15) is 4.83 Å². The zero-order valence-corrected chi connectivity index (χ0v) is 14.8. The summed E-state index contributed by atoms with van der Waals surface area (Å²) >= 11 is 1.32. The number of thiophene rings is 1. The molecule has 7 heteroatoms. The summed E-state index contributed by atoms with van der Waals surface area (Å²) in [6.45, 7) is -0.582. The summed E-state index contributed by atoms with van der Waals surface area (Å²) in [5.41, 5.74) is 1.97. The van der Waals surface area contributed by atoms with Gasteiger partial charge in [-0.15, -0.1) is 11.3 Å². The van der Waals surface area contributed by atoms with Gasteiger partial charge in [-0.2, -0.15) is 4.98 Å². The summed E-state index contributed by atoms with van der Waals surface area (Å²) in [5.74, 6) is -1.14. The Kier molecular flexibility index (Phi) is 4.43. The molecule has 2 heterocycles. The molecule has 0 aliphatic carbocycles. The quantitative estimate of drug-likeness (QED) is 0.574. The maximum atomic E-state index is 13.4. The molecule has 4 rings (SSSR count). The lowest BCUT2D eigenvalue weighted by atomic mass is 10.1. The molecule has 0 bridgehead atoms. The summed E-state index contributed by atoms with van der Waals surface area (Å²) in [5, 5.41) is 11.3. The molecule has 1 N–H and O–H groups in total. The maximum Gasteiger partial charge on any atom is 0.341 e. The van der Waals surface area contributed by atoms with Gasteiger partial charge in [0.2, 0.25) is 0 Å². The highest BCUT2D eigenvalue weighted by Crippen LogP contribution is 2.32. The standard InChI is InChI=1S/C20H14N2O4S/c23-16(24)11-26-20-21-18-17(15(12-27-18)13-7-3-1-4-8-13)19(25)22(20)14-9-5-2-6-10-14/h1-10,12H,11H2,(H,23,24). The van der Waals surface area contributed by atoms with Gasteiger partial charge in [-0.3, -0.25) is 4.79 Å². The van der Waals surface area contributed by atoms with E-state index in [2.05, 4.69) is 4.98 Å². The Balaban J connectivity index is 1.99. The molecule has 0 saturated heterocycles. The van der Waals surface area contributed by atoms with Gasteiger partial charge in [0, 0.05) is 10.9 Å². The van der Waals surface area contributed by atoms with Gasteiger partial charge in [-0.25, -0.2) is 9.36 Å². The van der Waals surface area contributed by atoms with Crippen LogP contribution in [-0.2, 0) is 4.79 Å². The van der Waals surface area contributed by atoms with E-state index in [1.807, 2.05) is 41.8 Å². The van der Waals surface area contributed by atoms with Crippen LogP contribution in [0.5, 0.6) is 6.01 Å². The average Bonchev–Trinajstić information content (AvgIpc) is 3.12. The van der Waals surface area contributed by atoms with Crippen LogP contribution in [-0.4, -0.2) is 27.2 Å². The van der Waals surface area contributed by atoms with Crippen molar-refractivity contribution < 1.29 is 14.6 Å². The van der Waals surface area contributed by atoms with Crippen molar-refractivity contribution in [3.63, 3.8) is 0 Å². The Morgan fingerprint density at radius 1 is 1.07 bits per heavy atom. The maximum absolute atomic E-state index is 13.4. The topological polar surface area (TPSA) is 81.4 Å². The number of hydrogen-bond donors (Lipinski definition) is 1. The van der Waals surface area contributed by atoms with Gasteiger partial charge in [-0.1, -0.05) is 48.5 Å². The van der Waals surface area contributed by atoms with E-state index in [-0.39, 0.29) is 11.6 Å². The predicted molar refractivity (Wildman–Crippen MR) is 104 cm³/mol. The van der Waals surface area contributed by atoms with Gasteiger partial charge in [-0.05, 0) is 17.7 Å². The van der Waals surface area contributed by atoms with Crippen LogP contribution < -0.4 is 10.3 Å². The smallest absolute Gasteiger partial charge is 0.341 e. The van der Waals surface area contributed by atoms with Crippen molar-refractivity contribution in [2.45, 2.75) is 0 Å². The lowest BCUT2D eigenvalue weighted by molar-refractivity contribution is -0.139. The van der Waals surface area contributed by atoms with Crippen molar-refractivity contribution >= 4 is 27.5 Å². The summed E-state index contributed by atoms with van der Waals surface area (Å²) in [4.78, 5) is 29.2. The number of ether oxygens (including phenoxy) is 1. The molecule has 0 atom stereocenters. The summed E-state index contributed by atoms with van der Waals surface area (Å²) in [7, 11) is 0. The summed E-state index contributed by atoms with van der Waals surface area (Å²) in [6.07, 6.45) is 0. The number of carbonyl (C=O) groups is 1. The minimum absolute atomic E-state index is 0.0393. The average molecular weight is 378 g/mol. The molecule has 0 spiro atoms. The molecule has 0 radical (unpaired) electrons. The third-order valence-electron chi connectivity index (χ3n) is 4.00. The first-order valence-corrected chi connectivity index (χ1v) is 9.03. The van der Waals surface area contributed by atoms with Crippen molar-refractivity contribution in [2.24, 2.45) is 0 Å². The molecule has 0 saturated carbocycles. The second-order valence-electron chi connectivity index (χ2n) is 5.75. The van der Waals surface area contributed by atoms with Gasteiger partial charge >= 0.3 is 12.0 Å². The molecule has 0 amide bonds. The molecule has 0 unspecified atom stereocenters. The molecule has 2 aromatic carbocycles. The lowest BCUT2D eigenvalue weighted by Crippen LogP contribution is -2.23. The molecule has 0 fully saturated rings. The molecule has 6 nitrogen and oxygen atoms in total. The Morgan fingerprint density at radius 2 is 1.74 bits per heavy atom. The highest BCUT2D eigenvalue weighted by atomic mass is 32.1. The molecule has 0 aliphatic heterocycles. The lowest BCUT2D eigenvalue weighted by Gasteiger charge is -2.12. The van der Waals surface area contributed by atoms with Gasteiger partial charge < -0.3 is 9.84 Å².